The van der Waals surface area contributed by atoms with Crippen molar-refractivity contribution in [2.45, 2.75) is 32.1 Å². The number of anilines is 1. The van der Waals surface area contributed by atoms with Crippen LogP contribution >= 0.6 is 11.6 Å². The van der Waals surface area contributed by atoms with E-state index in [4.69, 9.17) is 11.6 Å². The summed E-state index contributed by atoms with van der Waals surface area (Å²) in [4.78, 5) is 29.6. The zero-order valence-corrected chi connectivity index (χ0v) is 17.6. The van der Waals surface area contributed by atoms with Gasteiger partial charge in [-0.25, -0.2) is 4.79 Å². The SMILES string of the molecule is CCCC(C(=O)N1CCCN(C(=O)Nc2cccc(Cl)c2)CC1)c1ccccc1. The molecule has 0 radical (unpaired) electrons. The summed E-state index contributed by atoms with van der Waals surface area (Å²) in [5.74, 6) is 0.0446. The Hall–Kier alpha value is -2.53. The van der Waals surface area contributed by atoms with Crippen molar-refractivity contribution in [3.63, 3.8) is 0 Å². The third kappa shape index (κ3) is 5.73. The maximum atomic E-state index is 13.2. The number of hydrogen-bond donors (Lipinski definition) is 1. The maximum Gasteiger partial charge on any atom is 0.321 e. The number of nitrogens with zero attached hydrogens (tertiary/aromatic N) is 2. The lowest BCUT2D eigenvalue weighted by molar-refractivity contribution is -0.132. The number of amides is 3. The summed E-state index contributed by atoms with van der Waals surface area (Å²) in [6.45, 7) is 4.47. The van der Waals surface area contributed by atoms with Gasteiger partial charge in [0.25, 0.3) is 0 Å². The van der Waals surface area contributed by atoms with Crippen LogP contribution in [0.5, 0.6) is 0 Å². The van der Waals surface area contributed by atoms with Crippen LogP contribution in [0, 0.1) is 0 Å². The van der Waals surface area contributed by atoms with Gasteiger partial charge >= 0.3 is 6.03 Å². The van der Waals surface area contributed by atoms with E-state index in [1.54, 1.807) is 23.1 Å². The minimum Gasteiger partial charge on any atom is -0.340 e. The predicted octanol–water partition coefficient (Wildman–Crippen LogP) is 4.99. The lowest BCUT2D eigenvalue weighted by Crippen LogP contribution is -2.40. The first kappa shape index (κ1) is 21.2. The van der Waals surface area contributed by atoms with E-state index in [0.717, 1.165) is 24.8 Å². The molecule has 1 unspecified atom stereocenters. The molecule has 1 heterocycles. The molecule has 2 aromatic rings. The topological polar surface area (TPSA) is 52.7 Å². The fourth-order valence-corrected chi connectivity index (χ4v) is 3.93. The molecular formula is C23H28ClN3O2. The Morgan fingerprint density at radius 2 is 1.72 bits per heavy atom. The molecule has 1 aliphatic rings. The Bertz CT molecular complexity index is 828. The van der Waals surface area contributed by atoms with Crippen molar-refractivity contribution >= 4 is 29.2 Å². The van der Waals surface area contributed by atoms with Gasteiger partial charge in [0.2, 0.25) is 5.91 Å². The highest BCUT2D eigenvalue weighted by Gasteiger charge is 2.28. The summed E-state index contributed by atoms with van der Waals surface area (Å²) in [6.07, 6.45) is 2.55. The lowest BCUT2D eigenvalue weighted by Gasteiger charge is -2.26. The fourth-order valence-electron chi connectivity index (χ4n) is 3.74. The van der Waals surface area contributed by atoms with E-state index < -0.39 is 0 Å². The fraction of sp³-hybridized carbons (Fsp3) is 0.391. The third-order valence-corrected chi connectivity index (χ3v) is 5.48. The molecule has 0 aromatic heterocycles. The van der Waals surface area contributed by atoms with E-state index >= 15 is 0 Å². The number of rotatable bonds is 5. The Morgan fingerprint density at radius 1 is 1.00 bits per heavy atom. The first-order valence-electron chi connectivity index (χ1n) is 10.2. The van der Waals surface area contributed by atoms with Crippen LogP contribution in [0.25, 0.3) is 0 Å². The second-order valence-electron chi connectivity index (χ2n) is 7.36. The van der Waals surface area contributed by atoms with Crippen molar-refractivity contribution in [1.29, 1.82) is 0 Å². The van der Waals surface area contributed by atoms with Crippen molar-refractivity contribution in [3.8, 4) is 0 Å². The molecule has 0 aliphatic carbocycles. The number of urea groups is 1. The van der Waals surface area contributed by atoms with Crippen molar-refractivity contribution in [2.75, 3.05) is 31.5 Å². The monoisotopic (exact) mass is 413 g/mol. The summed E-state index contributed by atoms with van der Waals surface area (Å²) in [5, 5.41) is 3.47. The molecule has 2 aromatic carbocycles. The molecule has 1 N–H and O–H groups in total. The molecule has 3 amide bonds. The summed E-state index contributed by atoms with van der Waals surface area (Å²) >= 11 is 5.99. The van der Waals surface area contributed by atoms with Gasteiger partial charge in [0, 0.05) is 36.9 Å². The largest absolute Gasteiger partial charge is 0.340 e. The van der Waals surface area contributed by atoms with Crippen molar-refractivity contribution < 1.29 is 9.59 Å². The van der Waals surface area contributed by atoms with Crippen LogP contribution in [0.3, 0.4) is 0 Å². The van der Waals surface area contributed by atoms with E-state index in [-0.39, 0.29) is 17.9 Å². The summed E-state index contributed by atoms with van der Waals surface area (Å²) < 4.78 is 0. The highest BCUT2D eigenvalue weighted by molar-refractivity contribution is 6.30. The highest BCUT2D eigenvalue weighted by atomic mass is 35.5. The van der Waals surface area contributed by atoms with Crippen LogP contribution in [0.4, 0.5) is 10.5 Å². The molecule has 1 fully saturated rings. The predicted molar refractivity (Wildman–Crippen MR) is 117 cm³/mol. The molecule has 3 rings (SSSR count). The normalized spacial score (nSPS) is 15.5. The van der Waals surface area contributed by atoms with Crippen LogP contribution in [-0.2, 0) is 4.79 Å². The van der Waals surface area contributed by atoms with Crippen molar-refractivity contribution in [1.82, 2.24) is 9.80 Å². The average Bonchev–Trinajstić information content (AvgIpc) is 2.99. The average molecular weight is 414 g/mol. The molecule has 0 bridgehead atoms. The third-order valence-electron chi connectivity index (χ3n) is 5.25. The van der Waals surface area contributed by atoms with E-state index in [2.05, 4.69) is 12.2 Å². The minimum absolute atomic E-state index is 0.118. The van der Waals surface area contributed by atoms with Crippen LogP contribution in [0.1, 0.15) is 37.7 Å². The van der Waals surface area contributed by atoms with Gasteiger partial charge in [-0.05, 0) is 36.6 Å². The molecule has 154 valence electrons. The Labute approximate surface area is 177 Å². The molecule has 0 saturated carbocycles. The second-order valence-corrected chi connectivity index (χ2v) is 7.79. The zero-order chi connectivity index (χ0) is 20.6. The molecule has 6 heteroatoms. The Balaban J connectivity index is 1.62. The van der Waals surface area contributed by atoms with E-state index in [0.29, 0.717) is 36.9 Å². The quantitative estimate of drug-likeness (QED) is 0.750. The van der Waals surface area contributed by atoms with E-state index in [1.165, 1.54) is 0 Å². The molecule has 1 atom stereocenters. The van der Waals surface area contributed by atoms with Crippen molar-refractivity contribution in [2.24, 2.45) is 0 Å². The smallest absolute Gasteiger partial charge is 0.321 e. The van der Waals surface area contributed by atoms with Gasteiger partial charge in [0.15, 0.2) is 0 Å². The lowest BCUT2D eigenvalue weighted by atomic mass is 9.93. The highest BCUT2D eigenvalue weighted by Crippen LogP contribution is 2.24. The first-order valence-corrected chi connectivity index (χ1v) is 10.6. The second kappa shape index (κ2) is 10.3. The van der Waals surface area contributed by atoms with Crippen LogP contribution in [-0.4, -0.2) is 47.9 Å². The van der Waals surface area contributed by atoms with Gasteiger partial charge in [0.05, 0.1) is 5.92 Å². The number of carbonyl (C=O) groups is 2. The van der Waals surface area contributed by atoms with E-state index in [9.17, 15) is 9.59 Å². The minimum atomic E-state index is -0.158. The molecule has 1 aliphatic heterocycles. The number of carbonyl (C=O) groups excluding carboxylic acids is 2. The molecule has 0 spiro atoms. The van der Waals surface area contributed by atoms with Gasteiger partial charge in [-0.15, -0.1) is 0 Å². The molecular weight excluding hydrogens is 386 g/mol. The Kier molecular flexibility index (Phi) is 7.53. The summed E-state index contributed by atoms with van der Waals surface area (Å²) in [5.41, 5.74) is 1.74. The number of nitrogens with one attached hydrogen (secondary N) is 1. The van der Waals surface area contributed by atoms with Gasteiger partial charge in [-0.2, -0.15) is 0 Å². The molecule has 1 saturated heterocycles. The number of halogens is 1. The van der Waals surface area contributed by atoms with Crippen LogP contribution in [0.15, 0.2) is 54.6 Å². The maximum absolute atomic E-state index is 13.2. The Morgan fingerprint density at radius 3 is 2.45 bits per heavy atom. The molecule has 29 heavy (non-hydrogen) atoms. The van der Waals surface area contributed by atoms with Gasteiger partial charge in [-0.1, -0.05) is 61.3 Å². The first-order chi connectivity index (χ1) is 14.1. The van der Waals surface area contributed by atoms with E-state index in [1.807, 2.05) is 41.3 Å². The van der Waals surface area contributed by atoms with Crippen LogP contribution in [0.2, 0.25) is 5.02 Å². The van der Waals surface area contributed by atoms with Crippen molar-refractivity contribution in [3.05, 3.63) is 65.2 Å². The van der Waals surface area contributed by atoms with Gasteiger partial charge in [0.1, 0.15) is 0 Å². The van der Waals surface area contributed by atoms with Gasteiger partial charge < -0.3 is 15.1 Å². The number of benzene rings is 2. The molecule has 5 nitrogen and oxygen atoms in total. The summed E-state index contributed by atoms with van der Waals surface area (Å²) in [6, 6.07) is 16.9. The standard InChI is InChI=1S/C23H28ClN3O2/c1-2-8-21(18-9-4-3-5-10-18)22(28)26-13-7-14-27(16-15-26)23(29)25-20-12-6-11-19(24)17-20/h3-6,9-12,17,21H,2,7-8,13-16H2,1H3,(H,25,29). The zero-order valence-electron chi connectivity index (χ0n) is 16.8. The van der Waals surface area contributed by atoms with Gasteiger partial charge in [-0.3, -0.25) is 4.79 Å². The summed E-state index contributed by atoms with van der Waals surface area (Å²) in [7, 11) is 0. The van der Waals surface area contributed by atoms with Crippen LogP contribution < -0.4 is 5.32 Å². The number of hydrogen-bond acceptors (Lipinski definition) is 2.